The minimum Gasteiger partial charge on any atom is -0.478 e. The quantitative estimate of drug-likeness (QED) is 0.0709. The first-order valence-corrected chi connectivity index (χ1v) is 22.4. The number of benzene rings is 6. The summed E-state index contributed by atoms with van der Waals surface area (Å²) in [6.07, 6.45) is -6.02. The fraction of sp³-hybridized carbons (Fsp3) is 0.179. The van der Waals surface area contributed by atoms with Crippen LogP contribution in [0.4, 0.5) is 26.3 Å². The van der Waals surface area contributed by atoms with E-state index in [0.29, 0.717) is 35.7 Å². The van der Waals surface area contributed by atoms with Crippen molar-refractivity contribution in [3.05, 3.63) is 217 Å². The van der Waals surface area contributed by atoms with Crippen LogP contribution in [0.15, 0.2) is 194 Å². The van der Waals surface area contributed by atoms with E-state index >= 15 is 0 Å². The van der Waals surface area contributed by atoms with Gasteiger partial charge < -0.3 is 28.1 Å². The van der Waals surface area contributed by atoms with Crippen molar-refractivity contribution in [3.8, 4) is 45.4 Å². The van der Waals surface area contributed by atoms with E-state index in [-0.39, 0.29) is 13.2 Å². The molecule has 0 aliphatic rings. The Morgan fingerprint density at radius 3 is 1.10 bits per heavy atom. The van der Waals surface area contributed by atoms with E-state index in [0.717, 1.165) is 57.9 Å². The molecule has 0 saturated heterocycles. The molecule has 70 heavy (non-hydrogen) atoms. The van der Waals surface area contributed by atoms with Gasteiger partial charge >= 0.3 is 24.3 Å². The summed E-state index contributed by atoms with van der Waals surface area (Å²) in [6, 6.07) is 51.0. The molecule has 0 aliphatic heterocycles. The molecule has 0 radical (unpaired) electrons. The van der Waals surface area contributed by atoms with Crippen molar-refractivity contribution < 1.29 is 54.9 Å². The van der Waals surface area contributed by atoms with E-state index < -0.39 is 47.6 Å². The van der Waals surface area contributed by atoms with Gasteiger partial charge in [-0.15, -0.1) is 0 Å². The molecule has 14 heteroatoms. The first-order valence-electron chi connectivity index (χ1n) is 22.4. The van der Waals surface area contributed by atoms with Crippen LogP contribution in [0.1, 0.15) is 36.1 Å². The number of nitrogens with zero attached hydrogens (tertiary/aromatic N) is 2. The van der Waals surface area contributed by atoms with Gasteiger partial charge in [0.2, 0.25) is 0 Å². The molecule has 2 heterocycles. The Kier molecular flexibility index (Phi) is 16.3. The Hall–Kier alpha value is -8.00. The molecule has 8 nitrogen and oxygen atoms in total. The second kappa shape index (κ2) is 22.9. The van der Waals surface area contributed by atoms with Crippen molar-refractivity contribution in [1.29, 1.82) is 0 Å². The molecular formula is C56H48F6N2O6. The minimum absolute atomic E-state index is 0.257. The van der Waals surface area contributed by atoms with Crippen molar-refractivity contribution in [3.63, 3.8) is 0 Å². The van der Waals surface area contributed by atoms with Gasteiger partial charge in [0.1, 0.15) is 11.5 Å². The molecule has 0 amide bonds. The number of esters is 2. The summed E-state index contributed by atoms with van der Waals surface area (Å²) in [5, 5.41) is 0. The Morgan fingerprint density at radius 1 is 0.443 bits per heavy atom. The highest BCUT2D eigenvalue weighted by Gasteiger charge is 2.31. The zero-order valence-corrected chi connectivity index (χ0v) is 38.1. The van der Waals surface area contributed by atoms with Crippen LogP contribution in [-0.2, 0) is 44.3 Å². The van der Waals surface area contributed by atoms with Crippen LogP contribution in [0.5, 0.6) is 11.5 Å². The van der Waals surface area contributed by atoms with Gasteiger partial charge in [-0.25, -0.2) is 9.59 Å². The molecule has 360 valence electrons. The average Bonchev–Trinajstić information content (AvgIpc) is 4.06. The van der Waals surface area contributed by atoms with E-state index in [1.807, 2.05) is 118 Å². The molecular weight excluding hydrogens is 911 g/mol. The maximum absolute atomic E-state index is 12.9. The molecule has 0 fully saturated rings. The Labute approximate surface area is 401 Å². The van der Waals surface area contributed by atoms with Gasteiger partial charge in [-0.2, -0.15) is 26.3 Å². The summed E-state index contributed by atoms with van der Waals surface area (Å²) < 4.78 is 103. The lowest BCUT2D eigenvalue weighted by atomic mass is 10.1. The largest absolute Gasteiger partial charge is 0.478 e. The Balaban J connectivity index is 0.000000206. The number of carbonyl (C=O) groups is 2. The number of hydrogen-bond donors (Lipinski definition) is 0. The number of aromatic nitrogens is 2. The van der Waals surface area contributed by atoms with E-state index in [9.17, 15) is 35.9 Å². The van der Waals surface area contributed by atoms with Gasteiger partial charge in [0.25, 0.3) is 0 Å². The summed E-state index contributed by atoms with van der Waals surface area (Å²) in [6.45, 7) is 4.01. The molecule has 0 aliphatic carbocycles. The van der Waals surface area contributed by atoms with Crippen molar-refractivity contribution >= 4 is 11.9 Å². The lowest BCUT2D eigenvalue weighted by molar-refractivity contribution is -0.152. The van der Waals surface area contributed by atoms with Crippen LogP contribution < -0.4 is 9.47 Å². The van der Waals surface area contributed by atoms with E-state index in [1.165, 1.54) is 24.3 Å². The smallest absolute Gasteiger partial charge is 0.416 e. The molecule has 0 bridgehead atoms. The van der Waals surface area contributed by atoms with Crippen molar-refractivity contribution in [2.24, 2.45) is 0 Å². The number of carbonyl (C=O) groups excluding carboxylic acids is 2. The second-order valence-corrected chi connectivity index (χ2v) is 15.8. The molecule has 0 N–H and O–H groups in total. The maximum Gasteiger partial charge on any atom is 0.416 e. The second-order valence-electron chi connectivity index (χ2n) is 15.8. The maximum atomic E-state index is 12.9. The predicted molar refractivity (Wildman–Crippen MR) is 255 cm³/mol. The topological polar surface area (TPSA) is 80.9 Å². The number of rotatable bonds is 16. The monoisotopic (exact) mass is 958 g/mol. The third-order valence-corrected chi connectivity index (χ3v) is 10.9. The number of alkyl halides is 6. The minimum atomic E-state index is -4.38. The van der Waals surface area contributed by atoms with Crippen molar-refractivity contribution in [2.45, 2.75) is 51.2 Å². The highest BCUT2D eigenvalue weighted by molar-refractivity contribution is 5.76. The summed E-state index contributed by atoms with van der Waals surface area (Å²) >= 11 is 0. The SMILES string of the molecule is CCOC(=O)[C@@H](Cc1ccccc1)Oc1ccc(-c2cccn2-c2ccc(C(F)(F)F)cc2)cc1.CCOC(=O)[C@@H](Cc1ccccc1)Oc1ccc(-c2cccn2-c2ccc(C(F)(F)F)cc2)cc1. The molecule has 0 spiro atoms. The van der Waals surface area contributed by atoms with Crippen LogP contribution in [0.25, 0.3) is 33.9 Å². The molecule has 8 aromatic rings. The highest BCUT2D eigenvalue weighted by atomic mass is 19.4. The number of hydrogen-bond acceptors (Lipinski definition) is 6. The molecule has 0 saturated carbocycles. The lowest BCUT2D eigenvalue weighted by Gasteiger charge is -2.18. The van der Waals surface area contributed by atoms with Crippen LogP contribution in [-0.4, -0.2) is 46.5 Å². The summed E-state index contributed by atoms with van der Waals surface area (Å²) in [5.41, 5.74) is 5.06. The van der Waals surface area contributed by atoms with Crippen LogP contribution >= 0.6 is 0 Å². The number of ether oxygens (including phenoxy) is 4. The molecule has 0 unspecified atom stereocenters. The molecule has 2 atom stereocenters. The van der Waals surface area contributed by atoms with Gasteiger partial charge in [0.05, 0.1) is 35.7 Å². The van der Waals surface area contributed by atoms with Gasteiger partial charge in [-0.05, 0) is 157 Å². The highest BCUT2D eigenvalue weighted by Crippen LogP contribution is 2.33. The number of halogens is 6. The first kappa shape index (κ1) is 49.9. The van der Waals surface area contributed by atoms with E-state index in [1.54, 1.807) is 50.5 Å². The fourth-order valence-corrected chi connectivity index (χ4v) is 7.51. The van der Waals surface area contributed by atoms with Crippen LogP contribution in [0.3, 0.4) is 0 Å². The zero-order valence-electron chi connectivity index (χ0n) is 38.1. The van der Waals surface area contributed by atoms with E-state index in [4.69, 9.17) is 18.9 Å². The standard InChI is InChI=1S/2C28H24F3NO3/c2*1-2-34-27(33)26(19-20-7-4-3-5-8-20)35-24-16-10-21(11-17-24)25-9-6-18-32(25)23-14-12-22(13-15-23)28(29,30)31/h2*3-18,26H,2,19H2,1H3/t2*26-/m11/s1. The van der Waals surface area contributed by atoms with Crippen LogP contribution in [0, 0.1) is 0 Å². The summed E-state index contributed by atoms with van der Waals surface area (Å²) in [7, 11) is 0. The molecule has 8 rings (SSSR count). The first-order chi connectivity index (χ1) is 33.7. The van der Waals surface area contributed by atoms with Gasteiger partial charge in [-0.3, -0.25) is 0 Å². The normalized spacial score (nSPS) is 12.2. The van der Waals surface area contributed by atoms with Crippen molar-refractivity contribution in [2.75, 3.05) is 13.2 Å². The summed E-state index contributed by atoms with van der Waals surface area (Å²) in [5.74, 6) is 0.152. The molecule has 2 aromatic heterocycles. The zero-order chi connectivity index (χ0) is 49.7. The van der Waals surface area contributed by atoms with Gasteiger partial charge in [-0.1, -0.05) is 60.7 Å². The lowest BCUT2D eigenvalue weighted by Crippen LogP contribution is -2.31. The average molecular weight is 959 g/mol. The fourth-order valence-electron chi connectivity index (χ4n) is 7.51. The third kappa shape index (κ3) is 13.2. The third-order valence-electron chi connectivity index (χ3n) is 10.9. The van der Waals surface area contributed by atoms with Crippen molar-refractivity contribution in [1.82, 2.24) is 9.13 Å². The predicted octanol–water partition coefficient (Wildman–Crippen LogP) is 13.4. The summed E-state index contributed by atoms with van der Waals surface area (Å²) in [4.78, 5) is 24.9. The van der Waals surface area contributed by atoms with E-state index in [2.05, 4.69) is 0 Å². The molecule has 6 aromatic carbocycles. The Morgan fingerprint density at radius 2 is 0.786 bits per heavy atom. The van der Waals surface area contributed by atoms with Gasteiger partial charge in [0, 0.05) is 36.6 Å². The van der Waals surface area contributed by atoms with Gasteiger partial charge in [0.15, 0.2) is 12.2 Å². The van der Waals surface area contributed by atoms with Crippen LogP contribution in [0.2, 0.25) is 0 Å². The Bertz CT molecular complexity index is 2700.